The Morgan fingerprint density at radius 2 is 2.18 bits per heavy atom. The van der Waals surface area contributed by atoms with Gasteiger partial charge in [-0.15, -0.1) is 0 Å². The van der Waals surface area contributed by atoms with E-state index in [-0.39, 0.29) is 11.4 Å². The van der Waals surface area contributed by atoms with Gasteiger partial charge in [0.25, 0.3) is 5.91 Å². The lowest BCUT2D eigenvalue weighted by Crippen LogP contribution is -2.50. The summed E-state index contributed by atoms with van der Waals surface area (Å²) in [6.45, 7) is 4.22. The van der Waals surface area contributed by atoms with E-state index in [0.717, 1.165) is 50.0 Å². The van der Waals surface area contributed by atoms with Crippen LogP contribution in [0.2, 0.25) is 0 Å². The van der Waals surface area contributed by atoms with Gasteiger partial charge in [-0.3, -0.25) is 14.8 Å². The molecule has 6 nitrogen and oxygen atoms in total. The van der Waals surface area contributed by atoms with Crippen molar-refractivity contribution in [2.45, 2.75) is 18.4 Å². The molecule has 2 aromatic rings. The van der Waals surface area contributed by atoms with E-state index in [1.54, 1.807) is 6.20 Å². The first-order valence-corrected chi connectivity index (χ1v) is 7.82. The van der Waals surface area contributed by atoms with Crippen LogP contribution in [-0.4, -0.2) is 59.4 Å². The molecule has 1 amide bonds. The number of hydrogen-bond donors (Lipinski definition) is 2. The molecule has 1 saturated carbocycles. The second kappa shape index (κ2) is 5.37. The van der Waals surface area contributed by atoms with Gasteiger partial charge in [-0.05, 0) is 18.9 Å². The van der Waals surface area contributed by atoms with Crippen LogP contribution in [0.4, 0.5) is 0 Å². The number of amides is 1. The Hall–Kier alpha value is -1.92. The normalized spacial score (nSPS) is 20.9. The smallest absolute Gasteiger partial charge is 0.253 e. The summed E-state index contributed by atoms with van der Waals surface area (Å²) in [4.78, 5) is 15.0. The molecule has 4 rings (SSSR count). The number of H-pyrrole nitrogens is 1. The molecule has 1 aliphatic carbocycles. The van der Waals surface area contributed by atoms with Gasteiger partial charge in [0.05, 0.1) is 30.5 Å². The zero-order valence-electron chi connectivity index (χ0n) is 12.5. The third-order valence-corrected chi connectivity index (χ3v) is 4.81. The summed E-state index contributed by atoms with van der Waals surface area (Å²) in [7, 11) is 0. The average molecular weight is 300 g/mol. The van der Waals surface area contributed by atoms with E-state index in [1.807, 2.05) is 18.2 Å². The molecule has 2 N–H and O–H groups in total. The Morgan fingerprint density at radius 3 is 2.95 bits per heavy atom. The quantitative estimate of drug-likeness (QED) is 0.889. The minimum absolute atomic E-state index is 0.0330. The number of rotatable bonds is 4. The van der Waals surface area contributed by atoms with Gasteiger partial charge in [-0.1, -0.05) is 12.1 Å². The third kappa shape index (κ3) is 2.38. The maximum absolute atomic E-state index is 12.5. The van der Waals surface area contributed by atoms with Gasteiger partial charge in [-0.2, -0.15) is 5.10 Å². The lowest BCUT2D eigenvalue weighted by atomic mass is 10.1. The van der Waals surface area contributed by atoms with E-state index < -0.39 is 0 Å². The van der Waals surface area contributed by atoms with Crippen LogP contribution in [0.15, 0.2) is 24.4 Å². The summed E-state index contributed by atoms with van der Waals surface area (Å²) in [5.74, 6) is -0.0330. The average Bonchev–Trinajstić information content (AvgIpc) is 3.21. The number of aromatic nitrogens is 2. The van der Waals surface area contributed by atoms with Crippen LogP contribution in [0.5, 0.6) is 0 Å². The van der Waals surface area contributed by atoms with Crippen molar-refractivity contribution >= 4 is 16.8 Å². The van der Waals surface area contributed by atoms with Crippen LogP contribution in [0.1, 0.15) is 23.2 Å². The molecular formula is C16H20N4O2. The highest BCUT2D eigenvalue weighted by molar-refractivity contribution is 6.05. The van der Waals surface area contributed by atoms with Gasteiger partial charge in [-0.25, -0.2) is 0 Å². The van der Waals surface area contributed by atoms with Gasteiger partial charge in [0.2, 0.25) is 0 Å². The van der Waals surface area contributed by atoms with Gasteiger partial charge >= 0.3 is 0 Å². The van der Waals surface area contributed by atoms with Gasteiger partial charge in [0.1, 0.15) is 0 Å². The molecule has 0 unspecified atom stereocenters. The van der Waals surface area contributed by atoms with Crippen LogP contribution in [0.25, 0.3) is 10.9 Å². The van der Waals surface area contributed by atoms with Crippen LogP contribution in [-0.2, 0) is 4.74 Å². The predicted octanol–water partition coefficient (Wildman–Crippen LogP) is 1.16. The molecule has 2 aliphatic rings. The van der Waals surface area contributed by atoms with E-state index in [4.69, 9.17) is 4.74 Å². The largest absolute Gasteiger partial charge is 0.379 e. The number of aromatic amines is 1. The Kier molecular flexibility index (Phi) is 3.35. The first-order valence-electron chi connectivity index (χ1n) is 7.82. The Bertz CT molecular complexity index is 686. The summed E-state index contributed by atoms with van der Waals surface area (Å²) < 4.78 is 5.42. The van der Waals surface area contributed by atoms with Gasteiger partial charge in [0, 0.05) is 30.6 Å². The molecule has 0 bridgehead atoms. The van der Waals surface area contributed by atoms with Crippen molar-refractivity contribution in [2.24, 2.45) is 0 Å². The monoisotopic (exact) mass is 300 g/mol. The second-order valence-corrected chi connectivity index (χ2v) is 6.15. The van der Waals surface area contributed by atoms with Crippen LogP contribution >= 0.6 is 0 Å². The number of hydrogen-bond acceptors (Lipinski definition) is 4. The first-order chi connectivity index (χ1) is 10.8. The lowest BCUT2D eigenvalue weighted by Gasteiger charge is -2.35. The molecule has 116 valence electrons. The fraction of sp³-hybridized carbons (Fsp3) is 0.500. The van der Waals surface area contributed by atoms with E-state index in [1.165, 1.54) is 0 Å². The SMILES string of the molecule is O=C(NCC1(N2CCOCC2)CC1)c1cccc2cn[nH]c12. The summed E-state index contributed by atoms with van der Waals surface area (Å²) in [5.41, 5.74) is 1.62. The van der Waals surface area contributed by atoms with E-state index in [2.05, 4.69) is 20.4 Å². The van der Waals surface area contributed by atoms with Crippen molar-refractivity contribution in [3.8, 4) is 0 Å². The Labute approximate surface area is 128 Å². The van der Waals surface area contributed by atoms with E-state index in [0.29, 0.717) is 12.1 Å². The maximum atomic E-state index is 12.5. The fourth-order valence-electron chi connectivity index (χ4n) is 3.28. The molecule has 0 spiro atoms. The molecular weight excluding hydrogens is 280 g/mol. The number of carbonyl (C=O) groups is 1. The van der Waals surface area contributed by atoms with Gasteiger partial charge < -0.3 is 10.1 Å². The number of ether oxygens (including phenoxy) is 1. The predicted molar refractivity (Wildman–Crippen MR) is 82.8 cm³/mol. The third-order valence-electron chi connectivity index (χ3n) is 4.81. The number of para-hydroxylation sites is 1. The van der Waals surface area contributed by atoms with Crippen molar-refractivity contribution in [3.05, 3.63) is 30.0 Å². The van der Waals surface area contributed by atoms with Crippen molar-refractivity contribution in [1.29, 1.82) is 0 Å². The summed E-state index contributed by atoms with van der Waals surface area (Å²) >= 11 is 0. The van der Waals surface area contributed by atoms with Crippen molar-refractivity contribution < 1.29 is 9.53 Å². The highest BCUT2D eigenvalue weighted by atomic mass is 16.5. The zero-order chi connectivity index (χ0) is 15.0. The Balaban J connectivity index is 1.45. The maximum Gasteiger partial charge on any atom is 0.253 e. The summed E-state index contributed by atoms with van der Waals surface area (Å²) in [5, 5.41) is 11.0. The molecule has 0 atom stereocenters. The number of fused-ring (bicyclic) bond motifs is 1. The van der Waals surface area contributed by atoms with Crippen molar-refractivity contribution in [1.82, 2.24) is 20.4 Å². The molecule has 2 fully saturated rings. The number of nitrogens with zero attached hydrogens (tertiary/aromatic N) is 2. The molecule has 1 aromatic heterocycles. The molecule has 1 aromatic carbocycles. The van der Waals surface area contributed by atoms with Gasteiger partial charge in [0.15, 0.2) is 0 Å². The molecule has 1 saturated heterocycles. The molecule has 6 heteroatoms. The van der Waals surface area contributed by atoms with E-state index >= 15 is 0 Å². The lowest BCUT2D eigenvalue weighted by molar-refractivity contribution is 0.00977. The van der Waals surface area contributed by atoms with E-state index in [9.17, 15) is 4.79 Å². The number of carbonyl (C=O) groups excluding carboxylic acids is 1. The minimum Gasteiger partial charge on any atom is -0.379 e. The fourth-order valence-corrected chi connectivity index (χ4v) is 3.28. The molecule has 1 aliphatic heterocycles. The summed E-state index contributed by atoms with van der Waals surface area (Å²) in [6.07, 6.45) is 4.05. The minimum atomic E-state index is -0.0330. The first kappa shape index (κ1) is 13.7. The highest BCUT2D eigenvalue weighted by Gasteiger charge is 2.48. The van der Waals surface area contributed by atoms with Crippen molar-refractivity contribution in [2.75, 3.05) is 32.8 Å². The number of morpholine rings is 1. The highest BCUT2D eigenvalue weighted by Crippen LogP contribution is 2.41. The standard InChI is InChI=1S/C16H20N4O2/c21-15(13-3-1-2-12-10-18-19-14(12)13)17-11-16(4-5-16)20-6-8-22-9-7-20/h1-3,10H,4-9,11H2,(H,17,21)(H,18,19). The van der Waals surface area contributed by atoms with Crippen LogP contribution in [0, 0.1) is 0 Å². The molecule has 2 heterocycles. The second-order valence-electron chi connectivity index (χ2n) is 6.15. The molecule has 22 heavy (non-hydrogen) atoms. The summed E-state index contributed by atoms with van der Waals surface area (Å²) in [6, 6.07) is 5.68. The number of benzene rings is 1. The van der Waals surface area contributed by atoms with Crippen molar-refractivity contribution in [3.63, 3.8) is 0 Å². The van der Waals surface area contributed by atoms with Crippen LogP contribution in [0.3, 0.4) is 0 Å². The van der Waals surface area contributed by atoms with Crippen LogP contribution < -0.4 is 5.32 Å². The zero-order valence-corrected chi connectivity index (χ0v) is 12.5. The molecule has 0 radical (unpaired) electrons. The topological polar surface area (TPSA) is 70.2 Å². The number of nitrogens with one attached hydrogen (secondary N) is 2. The Morgan fingerprint density at radius 1 is 1.36 bits per heavy atom.